The molecular weight excluding hydrogens is 300 g/mol. The third-order valence-electron chi connectivity index (χ3n) is 4.40. The van der Waals surface area contributed by atoms with Gasteiger partial charge in [0.25, 0.3) is 0 Å². The number of amides is 2. The predicted molar refractivity (Wildman–Crippen MR) is 98.7 cm³/mol. The molecule has 1 atom stereocenters. The quantitative estimate of drug-likeness (QED) is 0.677. The first-order chi connectivity index (χ1) is 11.5. The molecule has 0 bridgehead atoms. The molecule has 4 heteroatoms. The number of carbonyl (C=O) groups is 2. The van der Waals surface area contributed by atoms with Crippen LogP contribution in [0.4, 0.5) is 0 Å². The van der Waals surface area contributed by atoms with Crippen LogP contribution in [0.2, 0.25) is 0 Å². The number of hydrogen-bond donors (Lipinski definition) is 2. The van der Waals surface area contributed by atoms with E-state index >= 15 is 0 Å². The van der Waals surface area contributed by atoms with Crippen LogP contribution in [0.1, 0.15) is 70.4 Å². The van der Waals surface area contributed by atoms with Gasteiger partial charge in [-0.05, 0) is 29.4 Å². The van der Waals surface area contributed by atoms with E-state index in [9.17, 15) is 9.59 Å². The van der Waals surface area contributed by atoms with Crippen molar-refractivity contribution in [1.29, 1.82) is 0 Å². The Morgan fingerprint density at radius 3 is 2.17 bits per heavy atom. The molecule has 0 aromatic heterocycles. The minimum Gasteiger partial charge on any atom is -0.348 e. The molecular formula is C20H32N2O2. The zero-order valence-corrected chi connectivity index (χ0v) is 15.5. The molecule has 0 saturated heterocycles. The molecule has 4 nitrogen and oxygen atoms in total. The summed E-state index contributed by atoms with van der Waals surface area (Å²) in [6, 6.07) is 8.11. The van der Waals surface area contributed by atoms with Crippen LogP contribution in [0.3, 0.4) is 0 Å². The van der Waals surface area contributed by atoms with E-state index in [4.69, 9.17) is 0 Å². The minimum absolute atomic E-state index is 0.373. The second-order valence-electron chi connectivity index (χ2n) is 6.71. The zero-order chi connectivity index (χ0) is 17.9. The van der Waals surface area contributed by atoms with E-state index in [1.165, 1.54) is 5.56 Å². The van der Waals surface area contributed by atoms with Gasteiger partial charge in [-0.1, -0.05) is 71.2 Å². The highest BCUT2D eigenvalue weighted by atomic mass is 16.2. The summed E-state index contributed by atoms with van der Waals surface area (Å²) in [6.07, 6.45) is 4.43. The van der Waals surface area contributed by atoms with Gasteiger partial charge in [-0.3, -0.25) is 9.59 Å². The average Bonchev–Trinajstić information content (AvgIpc) is 2.59. The van der Waals surface area contributed by atoms with Crippen molar-refractivity contribution >= 4 is 11.8 Å². The molecule has 0 aliphatic carbocycles. The number of hydrogen-bond acceptors (Lipinski definition) is 2. The second kappa shape index (κ2) is 10.8. The number of nitrogens with one attached hydrogen (secondary N) is 2. The van der Waals surface area contributed by atoms with Crippen LogP contribution in [-0.4, -0.2) is 18.4 Å². The first-order valence-corrected chi connectivity index (χ1v) is 9.12. The summed E-state index contributed by atoms with van der Waals surface area (Å²) >= 11 is 0. The van der Waals surface area contributed by atoms with Crippen LogP contribution in [0.5, 0.6) is 0 Å². The van der Waals surface area contributed by atoms with E-state index in [-0.39, 0.29) is 0 Å². The molecule has 1 aromatic carbocycles. The number of carbonyl (C=O) groups excluding carboxylic acids is 2. The van der Waals surface area contributed by atoms with E-state index in [0.29, 0.717) is 24.9 Å². The topological polar surface area (TPSA) is 58.2 Å². The summed E-state index contributed by atoms with van der Waals surface area (Å²) in [5.74, 6) is -0.166. The van der Waals surface area contributed by atoms with Crippen LogP contribution >= 0.6 is 0 Å². The number of benzene rings is 1. The standard InChI is InChI=1S/C20H32N2O2/c1-5-7-8-16(6-2)13-21-19(23)20(24)22-14-17-9-11-18(12-10-17)15(3)4/h9-12,15-16H,5-8,13-14H2,1-4H3,(H,21,23)(H,22,24). The molecule has 0 spiro atoms. The molecule has 0 aliphatic rings. The summed E-state index contributed by atoms with van der Waals surface area (Å²) in [5, 5.41) is 5.43. The van der Waals surface area contributed by atoms with E-state index < -0.39 is 11.8 Å². The van der Waals surface area contributed by atoms with Gasteiger partial charge in [0.05, 0.1) is 0 Å². The van der Waals surface area contributed by atoms with Crippen LogP contribution in [0.25, 0.3) is 0 Å². The Bertz CT molecular complexity index is 509. The van der Waals surface area contributed by atoms with Crippen molar-refractivity contribution in [2.24, 2.45) is 5.92 Å². The van der Waals surface area contributed by atoms with Crippen molar-refractivity contribution in [3.63, 3.8) is 0 Å². The predicted octanol–water partition coefficient (Wildman–Crippen LogP) is 3.76. The first kappa shape index (κ1) is 20.2. The molecule has 0 fully saturated rings. The van der Waals surface area contributed by atoms with Crippen LogP contribution in [0.15, 0.2) is 24.3 Å². The van der Waals surface area contributed by atoms with Crippen molar-refractivity contribution in [1.82, 2.24) is 10.6 Å². The molecule has 0 heterocycles. The molecule has 1 unspecified atom stereocenters. The van der Waals surface area contributed by atoms with Crippen molar-refractivity contribution < 1.29 is 9.59 Å². The average molecular weight is 332 g/mol. The van der Waals surface area contributed by atoms with Gasteiger partial charge in [0.15, 0.2) is 0 Å². The number of rotatable bonds is 9. The maximum Gasteiger partial charge on any atom is 0.309 e. The van der Waals surface area contributed by atoms with Crippen LogP contribution in [0, 0.1) is 5.92 Å². The normalized spacial score (nSPS) is 12.0. The molecule has 1 rings (SSSR count). The third kappa shape index (κ3) is 7.16. The molecule has 24 heavy (non-hydrogen) atoms. The van der Waals surface area contributed by atoms with Crippen LogP contribution in [-0.2, 0) is 16.1 Å². The summed E-state index contributed by atoms with van der Waals surface area (Å²) in [5.41, 5.74) is 2.26. The fourth-order valence-corrected chi connectivity index (χ4v) is 2.54. The minimum atomic E-state index is -0.562. The lowest BCUT2D eigenvalue weighted by molar-refractivity contribution is -0.139. The Morgan fingerprint density at radius 1 is 1.00 bits per heavy atom. The van der Waals surface area contributed by atoms with Gasteiger partial charge in [-0.15, -0.1) is 0 Å². The van der Waals surface area contributed by atoms with E-state index in [1.807, 2.05) is 12.1 Å². The molecule has 2 amide bonds. The lowest BCUT2D eigenvalue weighted by Crippen LogP contribution is -2.41. The van der Waals surface area contributed by atoms with Gasteiger partial charge in [0.2, 0.25) is 0 Å². The van der Waals surface area contributed by atoms with E-state index in [1.54, 1.807) is 0 Å². The second-order valence-corrected chi connectivity index (χ2v) is 6.71. The van der Waals surface area contributed by atoms with E-state index in [0.717, 1.165) is 31.2 Å². The van der Waals surface area contributed by atoms with Gasteiger partial charge in [0.1, 0.15) is 0 Å². The van der Waals surface area contributed by atoms with E-state index in [2.05, 4.69) is 50.5 Å². The van der Waals surface area contributed by atoms with Crippen molar-refractivity contribution in [2.45, 2.75) is 65.8 Å². The highest BCUT2D eigenvalue weighted by Gasteiger charge is 2.15. The zero-order valence-electron chi connectivity index (χ0n) is 15.5. The fourth-order valence-electron chi connectivity index (χ4n) is 2.54. The Morgan fingerprint density at radius 2 is 1.62 bits per heavy atom. The lowest BCUT2D eigenvalue weighted by atomic mass is 9.99. The Balaban J connectivity index is 2.37. The largest absolute Gasteiger partial charge is 0.348 e. The number of unbranched alkanes of at least 4 members (excludes halogenated alkanes) is 1. The Kier molecular flexibility index (Phi) is 9.13. The van der Waals surface area contributed by atoms with Gasteiger partial charge in [-0.25, -0.2) is 0 Å². The van der Waals surface area contributed by atoms with Gasteiger partial charge in [-0.2, -0.15) is 0 Å². The van der Waals surface area contributed by atoms with Gasteiger partial charge in [0, 0.05) is 13.1 Å². The van der Waals surface area contributed by atoms with Crippen LogP contribution < -0.4 is 10.6 Å². The first-order valence-electron chi connectivity index (χ1n) is 9.12. The maximum atomic E-state index is 11.9. The molecule has 0 aliphatic heterocycles. The highest BCUT2D eigenvalue weighted by Crippen LogP contribution is 2.14. The molecule has 134 valence electrons. The molecule has 2 N–H and O–H groups in total. The molecule has 0 saturated carbocycles. The fraction of sp³-hybridized carbons (Fsp3) is 0.600. The Labute approximate surface area is 146 Å². The summed E-state index contributed by atoms with van der Waals surface area (Å²) in [4.78, 5) is 23.8. The van der Waals surface area contributed by atoms with Crippen molar-refractivity contribution in [2.75, 3.05) is 6.54 Å². The Hall–Kier alpha value is -1.84. The molecule has 0 radical (unpaired) electrons. The monoisotopic (exact) mass is 332 g/mol. The maximum absolute atomic E-state index is 11.9. The highest BCUT2D eigenvalue weighted by molar-refractivity contribution is 6.35. The summed E-state index contributed by atoms with van der Waals surface area (Å²) < 4.78 is 0. The van der Waals surface area contributed by atoms with Gasteiger partial charge >= 0.3 is 11.8 Å². The van der Waals surface area contributed by atoms with Gasteiger partial charge < -0.3 is 10.6 Å². The van der Waals surface area contributed by atoms with Crippen molar-refractivity contribution in [3.05, 3.63) is 35.4 Å². The SMILES string of the molecule is CCCCC(CC)CNC(=O)C(=O)NCc1ccc(C(C)C)cc1. The smallest absolute Gasteiger partial charge is 0.309 e. The molecule has 1 aromatic rings. The lowest BCUT2D eigenvalue weighted by Gasteiger charge is -2.15. The summed E-state index contributed by atoms with van der Waals surface area (Å²) in [6.45, 7) is 9.51. The van der Waals surface area contributed by atoms with Crippen molar-refractivity contribution in [3.8, 4) is 0 Å². The summed E-state index contributed by atoms with van der Waals surface area (Å²) in [7, 11) is 0. The third-order valence-corrected chi connectivity index (χ3v) is 4.40.